The molecule has 0 saturated heterocycles. The van der Waals surface area contributed by atoms with Crippen LogP contribution in [0.2, 0.25) is 0 Å². The van der Waals surface area contributed by atoms with E-state index in [0.29, 0.717) is 12.1 Å². The molecule has 0 radical (unpaired) electrons. The maximum absolute atomic E-state index is 5.95. The third kappa shape index (κ3) is 2.78. The second-order valence-corrected chi connectivity index (χ2v) is 6.00. The maximum Gasteiger partial charge on any atom is 0.123 e. The van der Waals surface area contributed by atoms with Crippen LogP contribution in [0.5, 0.6) is 5.75 Å². The summed E-state index contributed by atoms with van der Waals surface area (Å²) in [5, 5.41) is 3.63. The van der Waals surface area contributed by atoms with Gasteiger partial charge in [0.15, 0.2) is 0 Å². The predicted molar refractivity (Wildman–Crippen MR) is 77.0 cm³/mol. The van der Waals surface area contributed by atoms with E-state index in [1.807, 2.05) is 6.07 Å². The average molecular weight is 308 g/mol. The van der Waals surface area contributed by atoms with Gasteiger partial charge in [0.2, 0.25) is 0 Å². The molecule has 2 unspecified atom stereocenters. The van der Waals surface area contributed by atoms with Crippen molar-refractivity contribution in [3.63, 3.8) is 0 Å². The SMILES string of the molecule is Brc1ccc2c(c1)CC(CNC1CC=CCC1)O2. The number of fused-ring (bicyclic) bond motifs is 1. The van der Waals surface area contributed by atoms with Crippen molar-refractivity contribution >= 4 is 15.9 Å². The molecule has 0 fully saturated rings. The number of nitrogens with one attached hydrogen (secondary N) is 1. The fourth-order valence-electron chi connectivity index (χ4n) is 2.68. The van der Waals surface area contributed by atoms with Crippen LogP contribution in [-0.2, 0) is 6.42 Å². The molecule has 2 atom stereocenters. The highest BCUT2D eigenvalue weighted by Gasteiger charge is 2.23. The van der Waals surface area contributed by atoms with Crippen molar-refractivity contribution in [3.8, 4) is 5.75 Å². The van der Waals surface area contributed by atoms with Gasteiger partial charge in [-0.1, -0.05) is 28.1 Å². The number of hydrogen-bond acceptors (Lipinski definition) is 2. The van der Waals surface area contributed by atoms with Crippen LogP contribution in [0.1, 0.15) is 24.8 Å². The number of benzene rings is 1. The van der Waals surface area contributed by atoms with Gasteiger partial charge in [0, 0.05) is 23.5 Å². The molecular weight excluding hydrogens is 290 g/mol. The summed E-state index contributed by atoms with van der Waals surface area (Å²) < 4.78 is 7.09. The van der Waals surface area contributed by atoms with Gasteiger partial charge in [-0.3, -0.25) is 0 Å². The molecule has 0 saturated carbocycles. The summed E-state index contributed by atoms with van der Waals surface area (Å²) in [7, 11) is 0. The minimum absolute atomic E-state index is 0.292. The molecule has 1 N–H and O–H groups in total. The van der Waals surface area contributed by atoms with Gasteiger partial charge in [-0.05, 0) is 43.0 Å². The van der Waals surface area contributed by atoms with Crippen LogP contribution in [0.4, 0.5) is 0 Å². The van der Waals surface area contributed by atoms with Crippen molar-refractivity contribution in [1.29, 1.82) is 0 Å². The van der Waals surface area contributed by atoms with E-state index in [2.05, 4.69) is 45.5 Å². The molecule has 96 valence electrons. The minimum Gasteiger partial charge on any atom is -0.488 e. The zero-order valence-electron chi connectivity index (χ0n) is 10.4. The molecule has 1 aromatic rings. The lowest BCUT2D eigenvalue weighted by Crippen LogP contribution is -2.37. The van der Waals surface area contributed by atoms with Gasteiger partial charge < -0.3 is 10.1 Å². The Kier molecular flexibility index (Phi) is 3.71. The standard InChI is InChI=1S/C15H18BrNO/c16-12-6-7-15-11(8-12)9-14(18-15)10-17-13-4-2-1-3-5-13/h1-2,6-8,13-14,17H,3-5,9-10H2. The summed E-state index contributed by atoms with van der Waals surface area (Å²) >= 11 is 3.51. The molecule has 18 heavy (non-hydrogen) atoms. The molecule has 0 aromatic heterocycles. The van der Waals surface area contributed by atoms with Crippen LogP contribution in [0.3, 0.4) is 0 Å². The van der Waals surface area contributed by atoms with E-state index < -0.39 is 0 Å². The lowest BCUT2D eigenvalue weighted by atomic mass is 10.0. The Hall–Kier alpha value is -0.800. The Morgan fingerprint density at radius 3 is 3.11 bits per heavy atom. The molecule has 3 rings (SSSR count). The largest absolute Gasteiger partial charge is 0.488 e. The zero-order chi connectivity index (χ0) is 12.4. The molecule has 1 aliphatic carbocycles. The number of halogens is 1. The Balaban J connectivity index is 1.53. The second-order valence-electron chi connectivity index (χ2n) is 5.09. The summed E-state index contributed by atoms with van der Waals surface area (Å²) in [6.07, 6.45) is 9.48. The van der Waals surface area contributed by atoms with Crippen molar-refractivity contribution in [3.05, 3.63) is 40.4 Å². The smallest absolute Gasteiger partial charge is 0.123 e. The average Bonchev–Trinajstić information content (AvgIpc) is 2.79. The Morgan fingerprint density at radius 2 is 2.28 bits per heavy atom. The number of hydrogen-bond donors (Lipinski definition) is 1. The fourth-order valence-corrected chi connectivity index (χ4v) is 3.09. The van der Waals surface area contributed by atoms with Gasteiger partial charge in [0.05, 0.1) is 0 Å². The lowest BCUT2D eigenvalue weighted by molar-refractivity contribution is 0.219. The van der Waals surface area contributed by atoms with E-state index in [1.54, 1.807) is 0 Å². The Labute approximate surface area is 117 Å². The molecule has 2 aliphatic rings. The van der Waals surface area contributed by atoms with Crippen LogP contribution in [-0.4, -0.2) is 18.7 Å². The first kappa shape index (κ1) is 12.2. The van der Waals surface area contributed by atoms with Gasteiger partial charge in [-0.15, -0.1) is 0 Å². The van der Waals surface area contributed by atoms with Crippen molar-refractivity contribution in [1.82, 2.24) is 5.32 Å². The minimum atomic E-state index is 0.292. The van der Waals surface area contributed by atoms with Crippen molar-refractivity contribution in [2.24, 2.45) is 0 Å². The molecule has 0 spiro atoms. The van der Waals surface area contributed by atoms with Gasteiger partial charge in [0.1, 0.15) is 11.9 Å². The summed E-state index contributed by atoms with van der Waals surface area (Å²) in [6, 6.07) is 6.90. The number of rotatable bonds is 3. The quantitative estimate of drug-likeness (QED) is 0.864. The van der Waals surface area contributed by atoms with E-state index in [4.69, 9.17) is 4.74 Å². The molecular formula is C15H18BrNO. The topological polar surface area (TPSA) is 21.3 Å². The molecule has 0 bridgehead atoms. The molecule has 2 nitrogen and oxygen atoms in total. The van der Waals surface area contributed by atoms with Gasteiger partial charge in [0.25, 0.3) is 0 Å². The Morgan fingerprint density at radius 1 is 1.33 bits per heavy atom. The second kappa shape index (κ2) is 5.45. The third-order valence-electron chi connectivity index (χ3n) is 3.67. The van der Waals surface area contributed by atoms with Crippen LogP contribution < -0.4 is 10.1 Å². The third-order valence-corrected chi connectivity index (χ3v) is 4.16. The zero-order valence-corrected chi connectivity index (χ0v) is 11.9. The first-order chi connectivity index (χ1) is 8.81. The summed E-state index contributed by atoms with van der Waals surface area (Å²) in [5.74, 6) is 1.05. The highest BCUT2D eigenvalue weighted by Crippen LogP contribution is 2.31. The molecule has 3 heteroatoms. The summed E-state index contributed by atoms with van der Waals surface area (Å²) in [5.41, 5.74) is 1.32. The van der Waals surface area contributed by atoms with Crippen LogP contribution in [0, 0.1) is 0 Å². The van der Waals surface area contributed by atoms with E-state index >= 15 is 0 Å². The highest BCUT2D eigenvalue weighted by atomic mass is 79.9. The first-order valence-electron chi connectivity index (χ1n) is 6.65. The maximum atomic E-state index is 5.95. The monoisotopic (exact) mass is 307 g/mol. The van der Waals surface area contributed by atoms with Crippen LogP contribution >= 0.6 is 15.9 Å². The summed E-state index contributed by atoms with van der Waals surface area (Å²) in [4.78, 5) is 0. The lowest BCUT2D eigenvalue weighted by Gasteiger charge is -2.21. The molecule has 1 heterocycles. The van der Waals surface area contributed by atoms with Crippen molar-refractivity contribution in [2.45, 2.75) is 37.8 Å². The molecule has 1 aliphatic heterocycles. The van der Waals surface area contributed by atoms with E-state index in [1.165, 1.54) is 18.4 Å². The molecule has 1 aromatic carbocycles. The van der Waals surface area contributed by atoms with Gasteiger partial charge >= 0.3 is 0 Å². The van der Waals surface area contributed by atoms with Crippen molar-refractivity contribution < 1.29 is 4.74 Å². The van der Waals surface area contributed by atoms with Gasteiger partial charge in [-0.25, -0.2) is 0 Å². The van der Waals surface area contributed by atoms with E-state index in [-0.39, 0.29) is 0 Å². The van der Waals surface area contributed by atoms with E-state index in [0.717, 1.165) is 29.6 Å². The van der Waals surface area contributed by atoms with Gasteiger partial charge in [-0.2, -0.15) is 0 Å². The first-order valence-corrected chi connectivity index (χ1v) is 7.44. The predicted octanol–water partition coefficient (Wildman–Crippen LogP) is 3.45. The molecule has 0 amide bonds. The van der Waals surface area contributed by atoms with E-state index in [9.17, 15) is 0 Å². The summed E-state index contributed by atoms with van der Waals surface area (Å²) in [6.45, 7) is 0.949. The van der Waals surface area contributed by atoms with Crippen LogP contribution in [0.15, 0.2) is 34.8 Å². The van der Waals surface area contributed by atoms with Crippen molar-refractivity contribution in [2.75, 3.05) is 6.54 Å². The van der Waals surface area contributed by atoms with Crippen LogP contribution in [0.25, 0.3) is 0 Å². The highest BCUT2D eigenvalue weighted by molar-refractivity contribution is 9.10. The fraction of sp³-hybridized carbons (Fsp3) is 0.467. The normalized spacial score (nSPS) is 25.8. The number of ether oxygens (including phenoxy) is 1. The Bertz CT molecular complexity index is 458. The number of allylic oxidation sites excluding steroid dienone is 1.